The van der Waals surface area contributed by atoms with Crippen LogP contribution in [0.3, 0.4) is 0 Å². The summed E-state index contributed by atoms with van der Waals surface area (Å²) in [5.74, 6) is -0.227. The van der Waals surface area contributed by atoms with Gasteiger partial charge in [0.25, 0.3) is 7.82 Å². The number of hydrogen-bond acceptors (Lipinski definition) is 6. The number of allylic oxidation sites excluding steroid dienone is 7. The third-order valence-electron chi connectivity index (χ3n) is 7.99. The maximum absolute atomic E-state index is 12.7. The van der Waals surface area contributed by atoms with Gasteiger partial charge in [0, 0.05) is 6.42 Å². The van der Waals surface area contributed by atoms with Crippen molar-refractivity contribution in [3.63, 3.8) is 0 Å². The highest BCUT2D eigenvalue weighted by molar-refractivity contribution is 7.45. The molecule has 0 rings (SSSR count). The Balaban J connectivity index is 4.66. The summed E-state index contributed by atoms with van der Waals surface area (Å²) in [4.78, 5) is 25.1. The fourth-order valence-electron chi connectivity index (χ4n) is 4.87. The number of aliphatic hydroxyl groups excluding tert-OH is 1. The molecule has 0 aromatic heterocycles. The smallest absolute Gasteiger partial charge is 0.268 e. The molecule has 0 heterocycles. The van der Waals surface area contributed by atoms with Crippen molar-refractivity contribution < 1.29 is 32.9 Å². The predicted octanol–water partition coefficient (Wildman–Crippen LogP) is 9.11. The van der Waals surface area contributed by atoms with Crippen molar-refractivity contribution in [1.82, 2.24) is 5.32 Å². The van der Waals surface area contributed by atoms with Gasteiger partial charge in [-0.25, -0.2) is 0 Å². The van der Waals surface area contributed by atoms with Gasteiger partial charge in [-0.15, -0.1) is 0 Å². The highest BCUT2D eigenvalue weighted by atomic mass is 31.2. The van der Waals surface area contributed by atoms with E-state index in [2.05, 4.69) is 55.6 Å². The van der Waals surface area contributed by atoms with Crippen molar-refractivity contribution in [3.8, 4) is 0 Å². The van der Waals surface area contributed by atoms with Crippen LogP contribution in [-0.4, -0.2) is 68.5 Å². The quantitative estimate of drug-likeness (QED) is 0.0307. The summed E-state index contributed by atoms with van der Waals surface area (Å²) in [6.45, 7) is 4.52. The molecule has 280 valence electrons. The standard InChI is InChI=1S/C39H73N2O6P/c1-6-8-10-12-14-16-18-19-20-21-23-24-26-28-30-32-38(42)37(36-47-48(44,45)46-35-34-41(3,4)5)40-39(43)33-31-29-27-25-22-17-15-13-11-9-7-2/h13,15,18-19,23-24,30,32,37-38,42H,6-12,14,16-17,20-22,25-29,31,33-36H2,1-5H3,(H-,40,43,44,45)/b15-13-,19-18+,24-23+,32-30+. The van der Waals surface area contributed by atoms with Crippen LogP contribution in [0, 0.1) is 0 Å². The number of rotatable bonds is 33. The molecule has 0 aromatic rings. The molecule has 0 spiro atoms. The molecule has 8 nitrogen and oxygen atoms in total. The number of carbonyl (C=O) groups is 1. The summed E-state index contributed by atoms with van der Waals surface area (Å²) in [7, 11) is 1.22. The normalized spacial score (nSPS) is 15.2. The van der Waals surface area contributed by atoms with Gasteiger partial charge in [0.05, 0.1) is 39.9 Å². The van der Waals surface area contributed by atoms with Gasteiger partial charge in [0.2, 0.25) is 5.91 Å². The lowest BCUT2D eigenvalue weighted by Crippen LogP contribution is -2.45. The zero-order valence-corrected chi connectivity index (χ0v) is 32.3. The summed E-state index contributed by atoms with van der Waals surface area (Å²) in [6.07, 6.45) is 37.3. The van der Waals surface area contributed by atoms with Gasteiger partial charge >= 0.3 is 0 Å². The van der Waals surface area contributed by atoms with Gasteiger partial charge in [0.1, 0.15) is 13.2 Å². The summed E-state index contributed by atoms with van der Waals surface area (Å²) < 4.78 is 23.0. The van der Waals surface area contributed by atoms with Gasteiger partial charge in [-0.3, -0.25) is 9.36 Å². The first-order valence-electron chi connectivity index (χ1n) is 19.0. The SMILES string of the molecule is CCCC/C=C\CCCCCCCC(=O)NC(COP(=O)([O-])OCC[N+](C)(C)C)C(O)/C=C/CC/C=C/CC/C=C/CCCCCCC. The number of hydrogen-bond donors (Lipinski definition) is 2. The van der Waals surface area contributed by atoms with Gasteiger partial charge < -0.3 is 28.8 Å². The van der Waals surface area contributed by atoms with E-state index in [0.29, 0.717) is 17.4 Å². The zero-order valence-electron chi connectivity index (χ0n) is 31.4. The van der Waals surface area contributed by atoms with Crippen LogP contribution in [0.2, 0.25) is 0 Å². The molecule has 2 N–H and O–H groups in total. The number of aliphatic hydroxyl groups is 1. The highest BCUT2D eigenvalue weighted by Gasteiger charge is 2.23. The van der Waals surface area contributed by atoms with Gasteiger partial charge in [-0.1, -0.05) is 120 Å². The van der Waals surface area contributed by atoms with Crippen LogP contribution in [-0.2, 0) is 18.4 Å². The minimum absolute atomic E-state index is 0.0121. The molecular formula is C39H73N2O6P. The Morgan fingerprint density at radius 3 is 1.75 bits per heavy atom. The molecule has 0 bridgehead atoms. The van der Waals surface area contributed by atoms with E-state index < -0.39 is 26.6 Å². The third kappa shape index (κ3) is 33.0. The Bertz CT molecular complexity index is 928. The van der Waals surface area contributed by atoms with E-state index in [1.54, 1.807) is 6.08 Å². The second-order valence-electron chi connectivity index (χ2n) is 13.9. The van der Waals surface area contributed by atoms with Crippen LogP contribution < -0.4 is 10.2 Å². The van der Waals surface area contributed by atoms with Crippen LogP contribution >= 0.6 is 7.82 Å². The minimum atomic E-state index is -4.59. The van der Waals surface area contributed by atoms with Gasteiger partial charge in [-0.05, 0) is 64.2 Å². The average Bonchev–Trinajstić information content (AvgIpc) is 3.02. The lowest BCUT2D eigenvalue weighted by atomic mass is 10.1. The van der Waals surface area contributed by atoms with Crippen molar-refractivity contribution >= 4 is 13.7 Å². The first-order chi connectivity index (χ1) is 23.0. The summed E-state index contributed by atoms with van der Waals surface area (Å²) in [5, 5.41) is 13.6. The van der Waals surface area contributed by atoms with Crippen LogP contribution in [0.5, 0.6) is 0 Å². The maximum atomic E-state index is 12.7. The number of carbonyl (C=O) groups excluding carboxylic acids is 1. The van der Waals surface area contributed by atoms with Crippen molar-refractivity contribution in [3.05, 3.63) is 48.6 Å². The Labute approximate surface area is 295 Å². The minimum Gasteiger partial charge on any atom is -0.756 e. The molecule has 0 fully saturated rings. The van der Waals surface area contributed by atoms with E-state index in [1.165, 1.54) is 51.4 Å². The number of nitrogens with zero attached hydrogens (tertiary/aromatic N) is 1. The predicted molar refractivity (Wildman–Crippen MR) is 201 cm³/mol. The van der Waals surface area contributed by atoms with Crippen molar-refractivity contribution in [1.29, 1.82) is 0 Å². The van der Waals surface area contributed by atoms with Crippen LogP contribution in [0.15, 0.2) is 48.6 Å². The topological polar surface area (TPSA) is 108 Å². The molecule has 9 heteroatoms. The molecule has 0 aliphatic carbocycles. The fraction of sp³-hybridized carbons (Fsp3) is 0.769. The molecule has 0 aliphatic rings. The number of quaternary nitrogens is 1. The van der Waals surface area contributed by atoms with E-state index in [9.17, 15) is 19.4 Å². The van der Waals surface area contributed by atoms with Crippen LogP contribution in [0.25, 0.3) is 0 Å². The van der Waals surface area contributed by atoms with E-state index in [4.69, 9.17) is 9.05 Å². The second kappa shape index (κ2) is 31.4. The Morgan fingerprint density at radius 1 is 0.708 bits per heavy atom. The number of nitrogens with one attached hydrogen (secondary N) is 1. The van der Waals surface area contributed by atoms with Crippen LogP contribution in [0.4, 0.5) is 0 Å². The molecule has 0 radical (unpaired) electrons. The average molecular weight is 697 g/mol. The third-order valence-corrected chi connectivity index (χ3v) is 8.95. The highest BCUT2D eigenvalue weighted by Crippen LogP contribution is 2.38. The van der Waals surface area contributed by atoms with E-state index >= 15 is 0 Å². The first kappa shape index (κ1) is 46.5. The van der Waals surface area contributed by atoms with Crippen LogP contribution in [0.1, 0.15) is 142 Å². The molecule has 3 atom stereocenters. The molecule has 0 aromatic carbocycles. The largest absolute Gasteiger partial charge is 0.756 e. The molecule has 3 unspecified atom stereocenters. The fourth-order valence-corrected chi connectivity index (χ4v) is 5.59. The summed E-state index contributed by atoms with van der Waals surface area (Å²) >= 11 is 0. The first-order valence-corrected chi connectivity index (χ1v) is 20.5. The number of likely N-dealkylation sites (N-methyl/N-ethyl adjacent to an activating group) is 1. The summed E-state index contributed by atoms with van der Waals surface area (Å²) in [5.41, 5.74) is 0. The van der Waals surface area contributed by atoms with E-state index in [1.807, 2.05) is 27.2 Å². The maximum Gasteiger partial charge on any atom is 0.268 e. The Morgan fingerprint density at radius 2 is 1.19 bits per heavy atom. The van der Waals surface area contributed by atoms with Gasteiger partial charge in [-0.2, -0.15) is 0 Å². The monoisotopic (exact) mass is 697 g/mol. The van der Waals surface area contributed by atoms with E-state index in [0.717, 1.165) is 70.6 Å². The lowest BCUT2D eigenvalue weighted by molar-refractivity contribution is -0.870. The number of phosphoric acid groups is 1. The molecule has 1 amide bonds. The second-order valence-corrected chi connectivity index (χ2v) is 15.3. The van der Waals surface area contributed by atoms with Crippen molar-refractivity contribution in [2.24, 2.45) is 0 Å². The number of amides is 1. The summed E-state index contributed by atoms with van der Waals surface area (Å²) in [6, 6.07) is -0.911. The molecular weight excluding hydrogens is 623 g/mol. The number of phosphoric ester groups is 1. The van der Waals surface area contributed by atoms with Gasteiger partial charge in [0.15, 0.2) is 0 Å². The molecule has 48 heavy (non-hydrogen) atoms. The number of unbranched alkanes of at least 4 members (excludes halogenated alkanes) is 14. The molecule has 0 saturated carbocycles. The molecule has 0 saturated heterocycles. The Hall–Kier alpha value is -1.54. The molecule has 0 aliphatic heterocycles. The lowest BCUT2D eigenvalue weighted by Gasteiger charge is -2.29. The van der Waals surface area contributed by atoms with Crippen molar-refractivity contribution in [2.45, 2.75) is 154 Å². The zero-order chi connectivity index (χ0) is 35.8. The van der Waals surface area contributed by atoms with Crippen molar-refractivity contribution in [2.75, 3.05) is 40.9 Å². The Kier molecular flexibility index (Phi) is 30.4. The van der Waals surface area contributed by atoms with E-state index in [-0.39, 0.29) is 12.5 Å².